The predicted molar refractivity (Wildman–Crippen MR) is 110 cm³/mol. The van der Waals surface area contributed by atoms with E-state index in [4.69, 9.17) is 4.74 Å². The second-order valence-corrected chi connectivity index (χ2v) is 7.81. The molecule has 154 valence electrons. The first-order valence-electron chi connectivity index (χ1n) is 9.92. The minimum Gasteiger partial charge on any atom is -0.381 e. The van der Waals surface area contributed by atoms with E-state index in [0.29, 0.717) is 44.2 Å². The van der Waals surface area contributed by atoms with Gasteiger partial charge in [0.25, 0.3) is 0 Å². The van der Waals surface area contributed by atoms with Crippen molar-refractivity contribution in [3.8, 4) is 0 Å². The lowest BCUT2D eigenvalue weighted by Crippen LogP contribution is -2.47. The summed E-state index contributed by atoms with van der Waals surface area (Å²) >= 11 is 0. The Hall–Kier alpha value is -2.73. The third-order valence-electron chi connectivity index (χ3n) is 5.54. The highest BCUT2D eigenvalue weighted by atomic mass is 19.1. The molecule has 2 aromatic carbocycles. The molecule has 0 saturated carbocycles. The van der Waals surface area contributed by atoms with E-state index >= 15 is 0 Å². The molecule has 1 saturated heterocycles. The first-order chi connectivity index (χ1) is 13.9. The molecular weight excluding hydrogens is 371 g/mol. The number of carbonyl (C=O) groups is 2. The number of amides is 2. The van der Waals surface area contributed by atoms with Gasteiger partial charge in [0.2, 0.25) is 0 Å². The molecule has 0 atom stereocenters. The van der Waals surface area contributed by atoms with E-state index in [0.717, 1.165) is 11.1 Å². The minimum absolute atomic E-state index is 0.292. The normalized spacial score (nSPS) is 15.7. The zero-order valence-electron chi connectivity index (χ0n) is 16.8. The Kier molecular flexibility index (Phi) is 6.64. The molecule has 0 unspecified atom stereocenters. The van der Waals surface area contributed by atoms with Crippen LogP contribution in [0.25, 0.3) is 0 Å². The number of benzene rings is 2. The summed E-state index contributed by atoms with van der Waals surface area (Å²) in [5, 5.41) is 5.39. The number of hydrogen-bond acceptors (Lipinski definition) is 3. The molecule has 1 fully saturated rings. The lowest BCUT2D eigenvalue weighted by molar-refractivity contribution is -0.136. The monoisotopic (exact) mass is 398 g/mol. The van der Waals surface area contributed by atoms with Gasteiger partial charge in [-0.25, -0.2) is 4.39 Å². The van der Waals surface area contributed by atoms with Crippen LogP contribution >= 0.6 is 0 Å². The number of carbonyl (C=O) groups excluding carboxylic acids is 2. The molecule has 1 aliphatic rings. The maximum Gasteiger partial charge on any atom is 0.313 e. The Bertz CT molecular complexity index is 841. The number of hydrogen-bond donors (Lipinski definition) is 2. The summed E-state index contributed by atoms with van der Waals surface area (Å²) in [6.45, 7) is 5.59. The molecule has 2 aromatic rings. The molecule has 3 rings (SSSR count). The van der Waals surface area contributed by atoms with Crippen LogP contribution in [0.5, 0.6) is 0 Å². The first-order valence-corrected chi connectivity index (χ1v) is 9.92. The molecule has 6 heteroatoms. The van der Waals surface area contributed by atoms with Crippen LogP contribution in [0.3, 0.4) is 0 Å². The van der Waals surface area contributed by atoms with Crippen LogP contribution in [0.4, 0.5) is 10.1 Å². The standard InChI is InChI=1S/C23H27FN2O3/c1-16(2)17-3-9-20(10-4-17)26-22(28)21(27)25-15-23(11-13-29-14-12-23)18-5-7-19(24)8-6-18/h3-10,16H,11-15H2,1-2H3,(H,25,27)(H,26,28). The van der Waals surface area contributed by atoms with Gasteiger partial charge in [0.05, 0.1) is 0 Å². The van der Waals surface area contributed by atoms with Gasteiger partial charge in [-0.3, -0.25) is 9.59 Å². The lowest BCUT2D eigenvalue weighted by Gasteiger charge is -2.37. The Labute approximate surface area is 170 Å². The lowest BCUT2D eigenvalue weighted by atomic mass is 9.74. The van der Waals surface area contributed by atoms with Gasteiger partial charge in [-0.05, 0) is 54.2 Å². The van der Waals surface area contributed by atoms with Gasteiger partial charge in [-0.2, -0.15) is 0 Å². The molecule has 0 radical (unpaired) electrons. The molecule has 5 nitrogen and oxygen atoms in total. The van der Waals surface area contributed by atoms with Crippen molar-refractivity contribution >= 4 is 17.5 Å². The maximum absolute atomic E-state index is 13.3. The summed E-state index contributed by atoms with van der Waals surface area (Å²) in [5.41, 5.74) is 2.30. The number of anilines is 1. The van der Waals surface area contributed by atoms with Gasteiger partial charge < -0.3 is 15.4 Å². The number of halogens is 1. The first kappa shape index (κ1) is 21.0. The van der Waals surface area contributed by atoms with E-state index in [9.17, 15) is 14.0 Å². The molecule has 2 N–H and O–H groups in total. The fourth-order valence-corrected chi connectivity index (χ4v) is 3.60. The van der Waals surface area contributed by atoms with Crippen molar-refractivity contribution in [3.63, 3.8) is 0 Å². The quantitative estimate of drug-likeness (QED) is 0.754. The minimum atomic E-state index is -0.705. The summed E-state index contributed by atoms with van der Waals surface area (Å²) in [5.74, 6) is -1.30. The summed E-state index contributed by atoms with van der Waals surface area (Å²) in [4.78, 5) is 24.7. The van der Waals surface area contributed by atoms with E-state index in [1.807, 2.05) is 12.1 Å². The highest BCUT2D eigenvalue weighted by Gasteiger charge is 2.35. The molecule has 1 heterocycles. The summed E-state index contributed by atoms with van der Waals surface area (Å²) in [6.07, 6.45) is 1.38. The van der Waals surface area contributed by atoms with Crippen LogP contribution < -0.4 is 10.6 Å². The average molecular weight is 398 g/mol. The molecule has 0 spiro atoms. The van der Waals surface area contributed by atoms with Crippen molar-refractivity contribution in [2.45, 2.75) is 38.0 Å². The van der Waals surface area contributed by atoms with Crippen molar-refractivity contribution in [1.82, 2.24) is 5.32 Å². The van der Waals surface area contributed by atoms with Crippen LogP contribution in [0, 0.1) is 5.82 Å². The third-order valence-corrected chi connectivity index (χ3v) is 5.54. The highest BCUT2D eigenvalue weighted by molar-refractivity contribution is 6.39. The van der Waals surface area contributed by atoms with Crippen molar-refractivity contribution in [3.05, 3.63) is 65.5 Å². The zero-order valence-corrected chi connectivity index (χ0v) is 16.8. The topological polar surface area (TPSA) is 67.4 Å². The summed E-state index contributed by atoms with van der Waals surface area (Å²) in [7, 11) is 0. The number of nitrogens with one attached hydrogen (secondary N) is 2. The molecule has 0 aliphatic carbocycles. The van der Waals surface area contributed by atoms with Crippen LogP contribution in [0.2, 0.25) is 0 Å². The molecule has 0 bridgehead atoms. The zero-order chi connectivity index (χ0) is 20.9. The molecule has 29 heavy (non-hydrogen) atoms. The second kappa shape index (κ2) is 9.18. The molecular formula is C23H27FN2O3. The SMILES string of the molecule is CC(C)c1ccc(NC(=O)C(=O)NCC2(c3ccc(F)cc3)CCOCC2)cc1. The van der Waals surface area contributed by atoms with Gasteiger partial charge in [-0.1, -0.05) is 38.1 Å². The van der Waals surface area contributed by atoms with Gasteiger partial charge >= 0.3 is 11.8 Å². The highest BCUT2D eigenvalue weighted by Crippen LogP contribution is 2.34. The molecule has 0 aromatic heterocycles. The van der Waals surface area contributed by atoms with E-state index in [-0.39, 0.29) is 11.2 Å². The number of ether oxygens (including phenoxy) is 1. The number of rotatable bonds is 5. The van der Waals surface area contributed by atoms with Gasteiger partial charge in [-0.15, -0.1) is 0 Å². The summed E-state index contributed by atoms with van der Waals surface area (Å²) < 4.78 is 18.8. The van der Waals surface area contributed by atoms with Crippen LogP contribution in [-0.2, 0) is 19.7 Å². The average Bonchev–Trinajstić information content (AvgIpc) is 2.73. The van der Waals surface area contributed by atoms with Gasteiger partial charge in [0.15, 0.2) is 0 Å². The second-order valence-electron chi connectivity index (χ2n) is 7.81. The van der Waals surface area contributed by atoms with Crippen LogP contribution in [-0.4, -0.2) is 31.6 Å². The fraction of sp³-hybridized carbons (Fsp3) is 0.391. The van der Waals surface area contributed by atoms with E-state index in [1.165, 1.54) is 12.1 Å². The van der Waals surface area contributed by atoms with E-state index < -0.39 is 11.8 Å². The summed E-state index contributed by atoms with van der Waals surface area (Å²) in [6, 6.07) is 13.8. The van der Waals surface area contributed by atoms with Crippen molar-refractivity contribution in [2.24, 2.45) is 0 Å². The Morgan fingerprint density at radius 1 is 1.00 bits per heavy atom. The van der Waals surface area contributed by atoms with Crippen molar-refractivity contribution in [1.29, 1.82) is 0 Å². The van der Waals surface area contributed by atoms with Crippen LogP contribution in [0.1, 0.15) is 43.7 Å². The Morgan fingerprint density at radius 3 is 2.21 bits per heavy atom. The van der Waals surface area contributed by atoms with Crippen molar-refractivity contribution in [2.75, 3.05) is 25.1 Å². The third kappa shape index (κ3) is 5.21. The van der Waals surface area contributed by atoms with Gasteiger partial charge in [0.1, 0.15) is 5.82 Å². The van der Waals surface area contributed by atoms with Crippen molar-refractivity contribution < 1.29 is 18.7 Å². The fourth-order valence-electron chi connectivity index (χ4n) is 3.60. The van der Waals surface area contributed by atoms with E-state index in [1.54, 1.807) is 24.3 Å². The predicted octanol–water partition coefficient (Wildman–Crippen LogP) is 3.75. The molecule has 1 aliphatic heterocycles. The smallest absolute Gasteiger partial charge is 0.313 e. The maximum atomic E-state index is 13.3. The van der Waals surface area contributed by atoms with Gasteiger partial charge in [0, 0.05) is 30.9 Å². The van der Waals surface area contributed by atoms with Crippen LogP contribution in [0.15, 0.2) is 48.5 Å². The Balaban J connectivity index is 1.63. The molecule has 2 amide bonds. The largest absolute Gasteiger partial charge is 0.381 e. The Morgan fingerprint density at radius 2 is 1.62 bits per heavy atom. The van der Waals surface area contributed by atoms with E-state index in [2.05, 4.69) is 24.5 Å².